The number of rotatable bonds is 0. The van der Waals surface area contributed by atoms with E-state index < -0.39 is 0 Å². The van der Waals surface area contributed by atoms with Crippen LogP contribution in [0.4, 0.5) is 0 Å². The first-order chi connectivity index (χ1) is 5.29. The van der Waals surface area contributed by atoms with Crippen molar-refractivity contribution in [2.75, 3.05) is 39.8 Å². The molecule has 11 heavy (non-hydrogen) atoms. The Balaban J connectivity index is 2.24. The molecule has 3 heteroatoms. The minimum absolute atomic E-state index is 0.612. The van der Waals surface area contributed by atoms with Gasteiger partial charge in [-0.3, -0.25) is 0 Å². The molecule has 1 heterocycles. The summed E-state index contributed by atoms with van der Waals surface area (Å²) in [6.07, 6.45) is 0. The Hall–Kier alpha value is -0.120. The average Bonchev–Trinajstić information content (AvgIpc) is 2.04. The van der Waals surface area contributed by atoms with Gasteiger partial charge in [0.1, 0.15) is 0 Å². The molecule has 0 radical (unpaired) electrons. The molecule has 0 aromatic carbocycles. The molecule has 0 saturated carbocycles. The Morgan fingerprint density at radius 3 is 2.82 bits per heavy atom. The van der Waals surface area contributed by atoms with Gasteiger partial charge in [-0.25, -0.2) is 0 Å². The lowest BCUT2D eigenvalue weighted by molar-refractivity contribution is 0.340. The quantitative estimate of drug-likeness (QED) is 0.496. The maximum atomic E-state index is 3.45. The van der Waals surface area contributed by atoms with Gasteiger partial charge in [-0.15, -0.1) is 0 Å². The fourth-order valence-electron chi connectivity index (χ4n) is 1.27. The highest BCUT2D eigenvalue weighted by Gasteiger charge is 2.04. The number of likely N-dealkylation sites (N-methyl/N-ethyl adjacent to an activating group) is 1. The van der Waals surface area contributed by atoms with Crippen molar-refractivity contribution < 1.29 is 0 Å². The summed E-state index contributed by atoms with van der Waals surface area (Å²) in [6.45, 7) is 7.86. The van der Waals surface area contributed by atoms with Crippen LogP contribution in [0.1, 0.15) is 6.92 Å². The van der Waals surface area contributed by atoms with E-state index in [4.69, 9.17) is 0 Å². The normalized spacial score (nSPS) is 30.5. The SMILES string of the molecule is CC1CNCCN(C)CCN1. The van der Waals surface area contributed by atoms with E-state index in [-0.39, 0.29) is 0 Å². The summed E-state index contributed by atoms with van der Waals surface area (Å²) in [6, 6.07) is 0.612. The summed E-state index contributed by atoms with van der Waals surface area (Å²) in [4.78, 5) is 2.35. The predicted octanol–water partition coefficient (Wildman–Crippen LogP) is -0.500. The first-order valence-corrected chi connectivity index (χ1v) is 4.41. The van der Waals surface area contributed by atoms with Crippen LogP contribution in [0.5, 0.6) is 0 Å². The van der Waals surface area contributed by atoms with E-state index in [2.05, 4.69) is 29.5 Å². The minimum Gasteiger partial charge on any atom is -0.314 e. The van der Waals surface area contributed by atoms with Crippen LogP contribution in [-0.4, -0.2) is 50.7 Å². The second-order valence-electron chi connectivity index (χ2n) is 3.36. The standard InChI is InChI=1S/C8H19N3/c1-8-7-9-3-5-11(2)6-4-10-8/h8-10H,3-7H2,1-2H3. The number of hydrogen-bond donors (Lipinski definition) is 2. The maximum Gasteiger partial charge on any atom is 0.0164 e. The minimum atomic E-state index is 0.612. The Morgan fingerprint density at radius 1 is 1.27 bits per heavy atom. The highest BCUT2D eigenvalue weighted by atomic mass is 15.1. The molecule has 0 bridgehead atoms. The van der Waals surface area contributed by atoms with Gasteiger partial charge in [-0.2, -0.15) is 0 Å². The van der Waals surface area contributed by atoms with E-state index in [1.807, 2.05) is 0 Å². The van der Waals surface area contributed by atoms with E-state index in [1.165, 1.54) is 0 Å². The van der Waals surface area contributed by atoms with Gasteiger partial charge in [-0.05, 0) is 14.0 Å². The Morgan fingerprint density at radius 2 is 2.00 bits per heavy atom. The molecule has 1 fully saturated rings. The molecule has 1 aliphatic rings. The second kappa shape index (κ2) is 4.70. The molecule has 1 rings (SSSR count). The molecule has 1 unspecified atom stereocenters. The van der Waals surface area contributed by atoms with Crippen LogP contribution in [0, 0.1) is 0 Å². The van der Waals surface area contributed by atoms with Crippen molar-refractivity contribution >= 4 is 0 Å². The lowest BCUT2D eigenvalue weighted by Crippen LogP contribution is -2.36. The Labute approximate surface area is 69.1 Å². The van der Waals surface area contributed by atoms with Crippen molar-refractivity contribution in [1.82, 2.24) is 15.5 Å². The molecule has 1 saturated heterocycles. The molecule has 66 valence electrons. The first kappa shape index (κ1) is 8.97. The summed E-state index contributed by atoms with van der Waals surface area (Å²) >= 11 is 0. The summed E-state index contributed by atoms with van der Waals surface area (Å²) in [5, 5.41) is 6.85. The van der Waals surface area contributed by atoms with Crippen LogP contribution in [0.3, 0.4) is 0 Å². The van der Waals surface area contributed by atoms with Crippen molar-refractivity contribution in [2.24, 2.45) is 0 Å². The zero-order valence-electron chi connectivity index (χ0n) is 7.56. The van der Waals surface area contributed by atoms with Gasteiger partial charge in [-0.1, -0.05) is 0 Å². The van der Waals surface area contributed by atoms with E-state index >= 15 is 0 Å². The van der Waals surface area contributed by atoms with Gasteiger partial charge < -0.3 is 15.5 Å². The fraction of sp³-hybridized carbons (Fsp3) is 1.00. The van der Waals surface area contributed by atoms with Crippen LogP contribution in [-0.2, 0) is 0 Å². The highest BCUT2D eigenvalue weighted by Crippen LogP contribution is 1.85. The van der Waals surface area contributed by atoms with Crippen molar-refractivity contribution in [3.05, 3.63) is 0 Å². The Kier molecular flexibility index (Phi) is 3.83. The van der Waals surface area contributed by atoms with Gasteiger partial charge in [0.15, 0.2) is 0 Å². The van der Waals surface area contributed by atoms with Crippen LogP contribution in [0.25, 0.3) is 0 Å². The zero-order valence-corrected chi connectivity index (χ0v) is 7.56. The summed E-state index contributed by atoms with van der Waals surface area (Å²) in [5.74, 6) is 0. The second-order valence-corrected chi connectivity index (χ2v) is 3.36. The van der Waals surface area contributed by atoms with Crippen molar-refractivity contribution in [3.8, 4) is 0 Å². The van der Waals surface area contributed by atoms with Gasteiger partial charge in [0.25, 0.3) is 0 Å². The van der Waals surface area contributed by atoms with Gasteiger partial charge in [0, 0.05) is 38.8 Å². The van der Waals surface area contributed by atoms with Crippen LogP contribution < -0.4 is 10.6 Å². The molecule has 0 aliphatic carbocycles. The molecule has 0 amide bonds. The molecule has 1 atom stereocenters. The third kappa shape index (κ3) is 3.70. The van der Waals surface area contributed by atoms with Gasteiger partial charge in [0.2, 0.25) is 0 Å². The fourth-order valence-corrected chi connectivity index (χ4v) is 1.27. The summed E-state index contributed by atoms with van der Waals surface area (Å²) < 4.78 is 0. The van der Waals surface area contributed by atoms with Crippen LogP contribution in [0.15, 0.2) is 0 Å². The molecule has 3 nitrogen and oxygen atoms in total. The molecule has 0 spiro atoms. The van der Waals surface area contributed by atoms with Crippen molar-refractivity contribution in [1.29, 1.82) is 0 Å². The third-order valence-electron chi connectivity index (χ3n) is 2.11. The van der Waals surface area contributed by atoms with E-state index in [9.17, 15) is 0 Å². The molecular weight excluding hydrogens is 138 g/mol. The monoisotopic (exact) mass is 157 g/mol. The molecule has 1 aliphatic heterocycles. The molecule has 0 aromatic heterocycles. The number of nitrogens with zero attached hydrogens (tertiary/aromatic N) is 1. The molecule has 0 aromatic rings. The highest BCUT2D eigenvalue weighted by molar-refractivity contribution is 4.68. The topological polar surface area (TPSA) is 27.3 Å². The van der Waals surface area contributed by atoms with E-state index in [1.54, 1.807) is 0 Å². The van der Waals surface area contributed by atoms with Gasteiger partial charge in [0.05, 0.1) is 0 Å². The lowest BCUT2D eigenvalue weighted by atomic mass is 10.3. The largest absolute Gasteiger partial charge is 0.314 e. The first-order valence-electron chi connectivity index (χ1n) is 4.41. The summed E-state index contributed by atoms with van der Waals surface area (Å²) in [7, 11) is 2.17. The summed E-state index contributed by atoms with van der Waals surface area (Å²) in [5.41, 5.74) is 0. The van der Waals surface area contributed by atoms with Crippen molar-refractivity contribution in [3.63, 3.8) is 0 Å². The van der Waals surface area contributed by atoms with Crippen molar-refractivity contribution in [2.45, 2.75) is 13.0 Å². The third-order valence-corrected chi connectivity index (χ3v) is 2.11. The van der Waals surface area contributed by atoms with Crippen LogP contribution >= 0.6 is 0 Å². The maximum absolute atomic E-state index is 3.45. The van der Waals surface area contributed by atoms with E-state index in [0.717, 1.165) is 32.7 Å². The average molecular weight is 157 g/mol. The van der Waals surface area contributed by atoms with Crippen LogP contribution in [0.2, 0.25) is 0 Å². The van der Waals surface area contributed by atoms with E-state index in [0.29, 0.717) is 6.04 Å². The predicted molar refractivity (Wildman–Crippen MR) is 47.8 cm³/mol. The molecular formula is C8H19N3. The van der Waals surface area contributed by atoms with Gasteiger partial charge >= 0.3 is 0 Å². The Bertz CT molecular complexity index is 93.5. The smallest absolute Gasteiger partial charge is 0.0164 e. The number of nitrogens with one attached hydrogen (secondary N) is 2. The number of hydrogen-bond acceptors (Lipinski definition) is 3. The lowest BCUT2D eigenvalue weighted by Gasteiger charge is -2.14. The molecule has 2 N–H and O–H groups in total. The zero-order chi connectivity index (χ0) is 8.10.